The van der Waals surface area contributed by atoms with Crippen LogP contribution in [0.3, 0.4) is 0 Å². The maximum Gasteiger partial charge on any atom is 0.145 e. The number of ether oxygens (including phenoxy) is 2. The first-order valence-corrected chi connectivity index (χ1v) is 12.9. The van der Waals surface area contributed by atoms with Crippen molar-refractivity contribution in [2.24, 2.45) is 22.2 Å². The maximum atomic E-state index is 13.5. The van der Waals surface area contributed by atoms with Crippen molar-refractivity contribution < 1.29 is 19.1 Å². The lowest BCUT2D eigenvalue weighted by atomic mass is 9.62. The fraction of sp³-hybridized carbons (Fsp3) is 0.923. The lowest BCUT2D eigenvalue weighted by Gasteiger charge is -2.46. The summed E-state index contributed by atoms with van der Waals surface area (Å²) in [6.07, 6.45) is 6.14. The van der Waals surface area contributed by atoms with Crippen molar-refractivity contribution in [3.05, 3.63) is 0 Å². The fourth-order valence-corrected chi connectivity index (χ4v) is 6.20. The Morgan fingerprint density at radius 1 is 0.938 bits per heavy atom. The van der Waals surface area contributed by atoms with Gasteiger partial charge in [0.15, 0.2) is 0 Å². The van der Waals surface area contributed by atoms with Gasteiger partial charge in [0.05, 0.1) is 25.9 Å². The third-order valence-corrected chi connectivity index (χ3v) is 8.29. The quantitative estimate of drug-likeness (QED) is 0.540. The van der Waals surface area contributed by atoms with Crippen LogP contribution in [-0.2, 0) is 19.1 Å². The van der Waals surface area contributed by atoms with Crippen LogP contribution < -0.4 is 0 Å². The van der Waals surface area contributed by atoms with Crippen molar-refractivity contribution in [2.45, 2.75) is 72.3 Å². The standard InChI is InChI=1S/C26H44N2O4/c1-20(22(29)25(6-5-7-25)18-27-10-13-31-14-11-27)16-21-17-28(12-15-32-21)19-26(8-9-26)23(30)24(2,3)4/h20-21H,5-19H2,1-4H3. The van der Waals surface area contributed by atoms with Gasteiger partial charge in [-0.15, -0.1) is 0 Å². The topological polar surface area (TPSA) is 59.1 Å². The highest BCUT2D eigenvalue weighted by atomic mass is 16.5. The number of hydrogen-bond acceptors (Lipinski definition) is 6. The minimum Gasteiger partial charge on any atom is -0.379 e. The molecule has 0 aromatic rings. The molecule has 2 aliphatic heterocycles. The van der Waals surface area contributed by atoms with Crippen LogP contribution in [0.2, 0.25) is 0 Å². The van der Waals surface area contributed by atoms with E-state index in [-0.39, 0.29) is 28.3 Å². The highest BCUT2D eigenvalue weighted by Crippen LogP contribution is 2.51. The predicted molar refractivity (Wildman–Crippen MR) is 125 cm³/mol. The number of nitrogens with zero attached hydrogens (tertiary/aromatic N) is 2. The Morgan fingerprint density at radius 3 is 2.12 bits per heavy atom. The van der Waals surface area contributed by atoms with Crippen molar-refractivity contribution >= 4 is 11.6 Å². The molecule has 0 aromatic heterocycles. The molecule has 0 amide bonds. The van der Waals surface area contributed by atoms with Crippen LogP contribution in [0, 0.1) is 22.2 Å². The molecule has 0 N–H and O–H groups in total. The summed E-state index contributed by atoms with van der Waals surface area (Å²) in [6, 6.07) is 0. The molecule has 2 aliphatic carbocycles. The summed E-state index contributed by atoms with van der Waals surface area (Å²) >= 11 is 0. The third-order valence-electron chi connectivity index (χ3n) is 8.29. The molecule has 6 heteroatoms. The average Bonchev–Trinajstić information content (AvgIpc) is 3.50. The fourth-order valence-electron chi connectivity index (χ4n) is 6.20. The molecule has 182 valence electrons. The molecule has 0 bridgehead atoms. The van der Waals surface area contributed by atoms with Gasteiger partial charge in [-0.3, -0.25) is 19.4 Å². The van der Waals surface area contributed by atoms with Gasteiger partial charge in [-0.1, -0.05) is 34.1 Å². The smallest absolute Gasteiger partial charge is 0.145 e. The summed E-state index contributed by atoms with van der Waals surface area (Å²) < 4.78 is 11.6. The number of morpholine rings is 2. The van der Waals surface area contributed by atoms with Crippen LogP contribution in [0.15, 0.2) is 0 Å². The van der Waals surface area contributed by atoms with Gasteiger partial charge in [-0.25, -0.2) is 0 Å². The lowest BCUT2D eigenvalue weighted by molar-refractivity contribution is -0.142. The molecule has 2 heterocycles. The van der Waals surface area contributed by atoms with Crippen LogP contribution in [0.5, 0.6) is 0 Å². The highest BCUT2D eigenvalue weighted by molar-refractivity contribution is 5.92. The zero-order valence-electron chi connectivity index (χ0n) is 20.8. The van der Waals surface area contributed by atoms with Gasteiger partial charge in [-0.05, 0) is 32.1 Å². The van der Waals surface area contributed by atoms with E-state index in [2.05, 4.69) is 16.7 Å². The molecule has 2 unspecified atom stereocenters. The van der Waals surface area contributed by atoms with Gasteiger partial charge >= 0.3 is 0 Å². The van der Waals surface area contributed by atoms with E-state index < -0.39 is 0 Å². The molecule has 4 fully saturated rings. The molecule has 0 radical (unpaired) electrons. The Bertz CT molecular complexity index is 686. The largest absolute Gasteiger partial charge is 0.379 e. The normalized spacial score (nSPS) is 29.2. The Morgan fingerprint density at radius 2 is 1.56 bits per heavy atom. The van der Waals surface area contributed by atoms with Crippen molar-refractivity contribution in [3.8, 4) is 0 Å². The summed E-state index contributed by atoms with van der Waals surface area (Å²) in [7, 11) is 0. The highest BCUT2D eigenvalue weighted by Gasteiger charge is 2.54. The zero-order chi connectivity index (χ0) is 23.0. The van der Waals surface area contributed by atoms with E-state index in [1.165, 1.54) is 6.42 Å². The van der Waals surface area contributed by atoms with Gasteiger partial charge in [0, 0.05) is 61.4 Å². The molecule has 4 rings (SSSR count). The number of ketones is 2. The van der Waals surface area contributed by atoms with Crippen LogP contribution in [-0.4, -0.2) is 86.6 Å². The van der Waals surface area contributed by atoms with E-state index in [9.17, 15) is 9.59 Å². The molecule has 0 aromatic carbocycles. The van der Waals surface area contributed by atoms with E-state index in [4.69, 9.17) is 9.47 Å². The number of Topliss-reactive ketones (excluding diaryl/α,β-unsaturated/α-hetero) is 2. The minimum atomic E-state index is -0.277. The number of carbonyl (C=O) groups is 2. The minimum absolute atomic E-state index is 0.0207. The molecular formula is C26H44N2O4. The van der Waals surface area contributed by atoms with E-state index >= 15 is 0 Å². The maximum absolute atomic E-state index is 13.5. The first-order chi connectivity index (χ1) is 15.1. The molecule has 6 nitrogen and oxygen atoms in total. The monoisotopic (exact) mass is 448 g/mol. The van der Waals surface area contributed by atoms with Gasteiger partial charge in [0.25, 0.3) is 0 Å². The van der Waals surface area contributed by atoms with Crippen LogP contribution in [0.25, 0.3) is 0 Å². The SMILES string of the molecule is CC(CC1CN(CC2(C(=O)C(C)(C)C)CC2)CCO1)C(=O)C1(CN2CCOCC2)CCC1. The Kier molecular flexibility index (Phi) is 7.17. The van der Waals surface area contributed by atoms with Crippen molar-refractivity contribution in [3.63, 3.8) is 0 Å². The molecular weight excluding hydrogens is 404 g/mol. The molecule has 2 saturated carbocycles. The second-order valence-electron chi connectivity index (χ2n) is 12.1. The second kappa shape index (κ2) is 9.44. The summed E-state index contributed by atoms with van der Waals surface area (Å²) in [4.78, 5) is 31.4. The zero-order valence-corrected chi connectivity index (χ0v) is 20.8. The van der Waals surface area contributed by atoms with Gasteiger partial charge < -0.3 is 9.47 Å². The first kappa shape index (κ1) is 24.3. The predicted octanol–water partition coefficient (Wildman–Crippen LogP) is 3.18. The summed E-state index contributed by atoms with van der Waals surface area (Å²) in [5, 5.41) is 0. The van der Waals surface area contributed by atoms with E-state index in [1.807, 2.05) is 20.8 Å². The Labute approximate surface area is 194 Å². The molecule has 32 heavy (non-hydrogen) atoms. The van der Waals surface area contributed by atoms with Gasteiger partial charge in [-0.2, -0.15) is 0 Å². The second-order valence-corrected chi connectivity index (χ2v) is 12.1. The van der Waals surface area contributed by atoms with Gasteiger partial charge in [0.2, 0.25) is 0 Å². The lowest BCUT2D eigenvalue weighted by Crippen LogP contribution is -2.53. The van der Waals surface area contributed by atoms with E-state index in [0.717, 1.165) is 84.6 Å². The Hall–Kier alpha value is -0.820. The number of carbonyl (C=O) groups excluding carboxylic acids is 2. The van der Waals surface area contributed by atoms with E-state index in [1.54, 1.807) is 0 Å². The summed E-state index contributed by atoms with van der Waals surface area (Å²) in [6.45, 7) is 15.9. The van der Waals surface area contributed by atoms with Crippen molar-refractivity contribution in [1.29, 1.82) is 0 Å². The third kappa shape index (κ3) is 5.29. The van der Waals surface area contributed by atoms with Crippen LogP contribution in [0.4, 0.5) is 0 Å². The number of hydrogen-bond donors (Lipinski definition) is 0. The average molecular weight is 449 g/mol. The Balaban J connectivity index is 1.30. The molecule has 2 saturated heterocycles. The molecule has 2 atom stereocenters. The summed E-state index contributed by atoms with van der Waals surface area (Å²) in [5.41, 5.74) is -0.571. The van der Waals surface area contributed by atoms with Crippen molar-refractivity contribution in [1.82, 2.24) is 9.80 Å². The molecule has 0 spiro atoms. The van der Waals surface area contributed by atoms with Crippen LogP contribution in [0.1, 0.15) is 66.2 Å². The number of rotatable bonds is 9. The van der Waals surface area contributed by atoms with Crippen LogP contribution >= 0.6 is 0 Å². The van der Waals surface area contributed by atoms with E-state index in [0.29, 0.717) is 18.2 Å². The van der Waals surface area contributed by atoms with Crippen molar-refractivity contribution in [2.75, 3.05) is 59.1 Å². The first-order valence-electron chi connectivity index (χ1n) is 12.9. The van der Waals surface area contributed by atoms with Gasteiger partial charge in [0.1, 0.15) is 11.6 Å². The molecule has 4 aliphatic rings. The summed E-state index contributed by atoms with van der Waals surface area (Å²) in [5.74, 6) is 0.872.